The molecule has 2 rings (SSSR count). The lowest BCUT2D eigenvalue weighted by Crippen LogP contribution is -2.38. The highest BCUT2D eigenvalue weighted by Gasteiger charge is 2.23. The van der Waals surface area contributed by atoms with E-state index in [1.165, 1.54) is 0 Å². The van der Waals surface area contributed by atoms with Gasteiger partial charge in [-0.05, 0) is 26.8 Å². The quantitative estimate of drug-likeness (QED) is 0.852. The first kappa shape index (κ1) is 17.5. The molecule has 23 heavy (non-hydrogen) atoms. The summed E-state index contributed by atoms with van der Waals surface area (Å²) in [4.78, 5) is 12.3. The van der Waals surface area contributed by atoms with E-state index in [9.17, 15) is 4.79 Å². The number of hydrogen-bond donors (Lipinski definition) is 2. The number of methoxy groups -OCH3 is 1. The average molecular weight is 336 g/mol. The summed E-state index contributed by atoms with van der Waals surface area (Å²) in [6, 6.07) is 7.28. The average Bonchev–Trinajstić information content (AvgIpc) is 2.81. The van der Waals surface area contributed by atoms with E-state index in [4.69, 9.17) is 16.3 Å². The van der Waals surface area contributed by atoms with Gasteiger partial charge in [-0.3, -0.25) is 9.89 Å². The molecule has 1 amide bonds. The van der Waals surface area contributed by atoms with Crippen molar-refractivity contribution in [2.45, 2.75) is 39.3 Å². The SMILES string of the molecule is CO[C@@H](c1ccccc1Cl)[C@H](C)NC(=O)Cc1c(C)n[nH]c1C. The smallest absolute Gasteiger partial charge is 0.224 e. The minimum atomic E-state index is -0.306. The third kappa shape index (κ3) is 4.12. The summed E-state index contributed by atoms with van der Waals surface area (Å²) in [6.07, 6.45) is -0.0172. The number of rotatable bonds is 6. The Balaban J connectivity index is 2.06. The Morgan fingerprint density at radius 1 is 1.39 bits per heavy atom. The van der Waals surface area contributed by atoms with Gasteiger partial charge in [0, 0.05) is 29.0 Å². The van der Waals surface area contributed by atoms with Gasteiger partial charge >= 0.3 is 0 Å². The van der Waals surface area contributed by atoms with Gasteiger partial charge in [0.05, 0.1) is 18.2 Å². The van der Waals surface area contributed by atoms with E-state index in [1.807, 2.05) is 45.0 Å². The van der Waals surface area contributed by atoms with E-state index < -0.39 is 0 Å². The highest BCUT2D eigenvalue weighted by atomic mass is 35.5. The molecule has 6 heteroatoms. The number of nitrogens with zero attached hydrogens (tertiary/aromatic N) is 1. The van der Waals surface area contributed by atoms with E-state index in [0.717, 1.165) is 22.5 Å². The van der Waals surface area contributed by atoms with E-state index in [2.05, 4.69) is 15.5 Å². The molecular weight excluding hydrogens is 314 g/mol. The number of benzene rings is 1. The van der Waals surface area contributed by atoms with E-state index in [-0.39, 0.29) is 24.5 Å². The molecule has 0 spiro atoms. The first-order chi connectivity index (χ1) is 10.9. The molecule has 5 nitrogen and oxygen atoms in total. The molecule has 124 valence electrons. The maximum Gasteiger partial charge on any atom is 0.224 e. The second-order valence-electron chi connectivity index (χ2n) is 5.62. The van der Waals surface area contributed by atoms with Gasteiger partial charge in [-0.25, -0.2) is 0 Å². The summed E-state index contributed by atoms with van der Waals surface area (Å²) < 4.78 is 5.54. The zero-order valence-electron chi connectivity index (χ0n) is 13.8. The van der Waals surface area contributed by atoms with Crippen molar-refractivity contribution in [3.8, 4) is 0 Å². The predicted octanol–water partition coefficient (Wildman–Crippen LogP) is 3.11. The molecule has 0 saturated carbocycles. The fourth-order valence-corrected chi connectivity index (χ4v) is 2.93. The maximum atomic E-state index is 12.3. The molecular formula is C17H22ClN3O2. The molecule has 1 heterocycles. The number of carbonyl (C=O) groups excluding carboxylic acids is 1. The number of aromatic nitrogens is 2. The first-order valence-corrected chi connectivity index (χ1v) is 7.88. The van der Waals surface area contributed by atoms with Gasteiger partial charge < -0.3 is 10.1 Å². The normalized spacial score (nSPS) is 13.6. The molecule has 1 aromatic carbocycles. The number of nitrogens with one attached hydrogen (secondary N) is 2. The highest BCUT2D eigenvalue weighted by Crippen LogP contribution is 2.27. The first-order valence-electron chi connectivity index (χ1n) is 7.51. The lowest BCUT2D eigenvalue weighted by atomic mass is 10.0. The Morgan fingerprint density at radius 3 is 2.65 bits per heavy atom. The number of amides is 1. The Bertz CT molecular complexity index is 665. The number of aryl methyl sites for hydroxylation is 2. The monoisotopic (exact) mass is 335 g/mol. The van der Waals surface area contributed by atoms with Crippen LogP contribution in [0.5, 0.6) is 0 Å². The second kappa shape index (κ2) is 7.62. The Hall–Kier alpha value is -1.85. The fraction of sp³-hybridized carbons (Fsp3) is 0.412. The van der Waals surface area contributed by atoms with E-state index >= 15 is 0 Å². The van der Waals surface area contributed by atoms with Crippen LogP contribution in [0.25, 0.3) is 0 Å². The van der Waals surface area contributed by atoms with Crippen LogP contribution in [0.3, 0.4) is 0 Å². The highest BCUT2D eigenvalue weighted by molar-refractivity contribution is 6.31. The van der Waals surface area contributed by atoms with Crippen molar-refractivity contribution >= 4 is 17.5 Å². The van der Waals surface area contributed by atoms with Crippen molar-refractivity contribution < 1.29 is 9.53 Å². The molecule has 2 aromatic rings. The number of aromatic amines is 1. The number of carbonyl (C=O) groups is 1. The Morgan fingerprint density at radius 2 is 2.09 bits per heavy atom. The van der Waals surface area contributed by atoms with Gasteiger partial charge in [0.25, 0.3) is 0 Å². The minimum Gasteiger partial charge on any atom is -0.375 e. The molecule has 0 aliphatic heterocycles. The van der Waals surface area contributed by atoms with Crippen LogP contribution in [0.1, 0.15) is 35.5 Å². The molecule has 0 radical (unpaired) electrons. The summed E-state index contributed by atoms with van der Waals surface area (Å²) in [5.74, 6) is -0.0702. The van der Waals surface area contributed by atoms with Crippen molar-refractivity contribution in [1.29, 1.82) is 0 Å². The van der Waals surface area contributed by atoms with E-state index in [0.29, 0.717) is 5.02 Å². The molecule has 2 atom stereocenters. The predicted molar refractivity (Wildman–Crippen MR) is 90.6 cm³/mol. The lowest BCUT2D eigenvalue weighted by molar-refractivity contribution is -0.122. The van der Waals surface area contributed by atoms with Crippen molar-refractivity contribution in [1.82, 2.24) is 15.5 Å². The van der Waals surface area contributed by atoms with Crippen LogP contribution < -0.4 is 5.32 Å². The number of hydrogen-bond acceptors (Lipinski definition) is 3. The largest absolute Gasteiger partial charge is 0.375 e. The molecule has 0 saturated heterocycles. The number of H-pyrrole nitrogens is 1. The van der Waals surface area contributed by atoms with Gasteiger partial charge in [0.1, 0.15) is 6.10 Å². The van der Waals surface area contributed by atoms with Crippen LogP contribution in [-0.4, -0.2) is 29.3 Å². The minimum absolute atomic E-state index is 0.0702. The third-order valence-corrected chi connectivity index (χ3v) is 4.27. The standard InChI is InChI=1S/C17H22ClN3O2/c1-10-14(11(2)21-20-10)9-16(22)19-12(3)17(23-4)13-7-5-6-8-15(13)18/h5-8,12,17H,9H2,1-4H3,(H,19,22)(H,20,21)/t12-,17+/m0/s1. The Kier molecular flexibility index (Phi) is 5.80. The molecule has 0 unspecified atom stereocenters. The van der Waals surface area contributed by atoms with Gasteiger partial charge in [0.15, 0.2) is 0 Å². The Labute approximate surface area is 141 Å². The summed E-state index contributed by atoms with van der Waals surface area (Å²) in [5.41, 5.74) is 3.56. The number of ether oxygens (including phenoxy) is 1. The molecule has 1 aromatic heterocycles. The second-order valence-corrected chi connectivity index (χ2v) is 6.03. The number of halogens is 1. The maximum absolute atomic E-state index is 12.3. The molecule has 0 aliphatic rings. The van der Waals surface area contributed by atoms with Crippen LogP contribution in [0, 0.1) is 13.8 Å². The lowest BCUT2D eigenvalue weighted by Gasteiger charge is -2.25. The molecule has 0 aliphatic carbocycles. The van der Waals surface area contributed by atoms with Crippen LogP contribution in [0.4, 0.5) is 0 Å². The van der Waals surface area contributed by atoms with Gasteiger partial charge in [0.2, 0.25) is 5.91 Å². The summed E-state index contributed by atoms with van der Waals surface area (Å²) in [5, 5.41) is 10.6. The van der Waals surface area contributed by atoms with E-state index in [1.54, 1.807) is 7.11 Å². The van der Waals surface area contributed by atoms with Crippen molar-refractivity contribution in [3.05, 3.63) is 51.8 Å². The van der Waals surface area contributed by atoms with Crippen molar-refractivity contribution in [2.75, 3.05) is 7.11 Å². The zero-order chi connectivity index (χ0) is 17.0. The topological polar surface area (TPSA) is 67.0 Å². The molecule has 2 N–H and O–H groups in total. The molecule has 0 bridgehead atoms. The van der Waals surface area contributed by atoms with Crippen LogP contribution >= 0.6 is 11.6 Å². The van der Waals surface area contributed by atoms with Gasteiger partial charge in [-0.15, -0.1) is 0 Å². The van der Waals surface area contributed by atoms with Gasteiger partial charge in [-0.2, -0.15) is 5.10 Å². The van der Waals surface area contributed by atoms with Crippen molar-refractivity contribution in [2.24, 2.45) is 0 Å². The summed E-state index contributed by atoms with van der Waals surface area (Å²) >= 11 is 6.23. The van der Waals surface area contributed by atoms with Crippen LogP contribution in [0.2, 0.25) is 5.02 Å². The van der Waals surface area contributed by atoms with Gasteiger partial charge in [-0.1, -0.05) is 29.8 Å². The fourth-order valence-electron chi connectivity index (χ4n) is 2.68. The molecule has 0 fully saturated rings. The van der Waals surface area contributed by atoms with Crippen LogP contribution in [0.15, 0.2) is 24.3 Å². The summed E-state index contributed by atoms with van der Waals surface area (Å²) in [6.45, 7) is 5.70. The third-order valence-electron chi connectivity index (χ3n) is 3.93. The van der Waals surface area contributed by atoms with Crippen molar-refractivity contribution in [3.63, 3.8) is 0 Å². The zero-order valence-corrected chi connectivity index (χ0v) is 14.6. The van der Waals surface area contributed by atoms with Crippen LogP contribution in [-0.2, 0) is 16.0 Å². The summed E-state index contributed by atoms with van der Waals surface area (Å²) in [7, 11) is 1.61.